The van der Waals surface area contributed by atoms with E-state index < -0.39 is 0 Å². The Morgan fingerprint density at radius 1 is 1.23 bits per heavy atom. The molecule has 1 heterocycles. The topological polar surface area (TPSA) is 4.93 Å². The lowest BCUT2D eigenvalue weighted by Gasteiger charge is -2.07. The van der Waals surface area contributed by atoms with Crippen molar-refractivity contribution in [2.75, 3.05) is 0 Å². The smallest absolute Gasteiger partial charge is 0.0506 e. The van der Waals surface area contributed by atoms with E-state index in [1.807, 2.05) is 0 Å². The second kappa shape index (κ2) is 2.91. The second-order valence-electron chi connectivity index (χ2n) is 3.70. The highest BCUT2D eigenvalue weighted by Crippen LogP contribution is 2.30. The summed E-state index contributed by atoms with van der Waals surface area (Å²) in [6.45, 7) is 4.35. The van der Waals surface area contributed by atoms with Crippen LogP contribution in [0.15, 0.2) is 30.0 Å². The van der Waals surface area contributed by atoms with Crippen molar-refractivity contribution in [3.05, 3.63) is 41.2 Å². The molecule has 1 aromatic heterocycles. The minimum atomic E-state index is 1.09. The maximum atomic E-state index is 2.30. The molecule has 0 aromatic carbocycles. The van der Waals surface area contributed by atoms with Crippen LogP contribution in [0.4, 0.5) is 0 Å². The Morgan fingerprint density at radius 3 is 2.46 bits per heavy atom. The lowest BCUT2D eigenvalue weighted by Crippen LogP contribution is -1.95. The van der Waals surface area contributed by atoms with Gasteiger partial charge in [-0.2, -0.15) is 0 Å². The van der Waals surface area contributed by atoms with Crippen LogP contribution < -0.4 is 0 Å². The van der Waals surface area contributed by atoms with Crippen molar-refractivity contribution in [2.45, 2.75) is 20.3 Å². The summed E-state index contributed by atoms with van der Waals surface area (Å²) in [6.07, 6.45) is 7.79. The van der Waals surface area contributed by atoms with Crippen LogP contribution >= 0.6 is 0 Å². The molecule has 0 saturated heterocycles. The van der Waals surface area contributed by atoms with Gasteiger partial charge in [0.25, 0.3) is 0 Å². The van der Waals surface area contributed by atoms with Gasteiger partial charge in [-0.3, -0.25) is 0 Å². The number of rotatable bonds is 1. The molecule has 1 aromatic rings. The van der Waals surface area contributed by atoms with Gasteiger partial charge in [-0.15, -0.1) is 0 Å². The summed E-state index contributed by atoms with van der Waals surface area (Å²) < 4.78 is 2.20. The lowest BCUT2D eigenvalue weighted by molar-refractivity contribution is 0.905. The molecule has 0 fully saturated rings. The summed E-state index contributed by atoms with van der Waals surface area (Å²) in [7, 11) is 2.11. The fourth-order valence-corrected chi connectivity index (χ4v) is 1.97. The number of aromatic nitrogens is 1. The first-order valence-corrected chi connectivity index (χ1v) is 4.69. The molecule has 1 nitrogen and oxygen atoms in total. The molecular formula is C12H15N. The zero-order valence-corrected chi connectivity index (χ0v) is 8.46. The number of hydrogen-bond acceptors (Lipinski definition) is 0. The van der Waals surface area contributed by atoms with E-state index in [9.17, 15) is 0 Å². The highest BCUT2D eigenvalue weighted by Gasteiger charge is 2.12. The predicted molar refractivity (Wildman–Crippen MR) is 56.5 cm³/mol. The van der Waals surface area contributed by atoms with Gasteiger partial charge in [0.05, 0.1) is 5.69 Å². The lowest BCUT2D eigenvalue weighted by atomic mass is 10.1. The maximum absolute atomic E-state index is 2.30. The highest BCUT2D eigenvalue weighted by atomic mass is 14.9. The molecule has 0 spiro atoms. The van der Waals surface area contributed by atoms with Crippen LogP contribution in [0.3, 0.4) is 0 Å². The van der Waals surface area contributed by atoms with Crippen LogP contribution in [0.25, 0.3) is 5.57 Å². The zero-order chi connectivity index (χ0) is 9.42. The largest absolute Gasteiger partial charge is 0.350 e. The third kappa shape index (κ3) is 1.24. The molecule has 0 bridgehead atoms. The third-order valence-corrected chi connectivity index (χ3v) is 2.70. The van der Waals surface area contributed by atoms with Crippen molar-refractivity contribution in [3.63, 3.8) is 0 Å². The van der Waals surface area contributed by atoms with E-state index in [1.165, 1.54) is 22.4 Å². The SMILES string of the molecule is CC1=CCC=C1c1c(C)ccn1C. The Morgan fingerprint density at radius 2 is 2.00 bits per heavy atom. The number of allylic oxidation sites excluding steroid dienone is 4. The summed E-state index contributed by atoms with van der Waals surface area (Å²) in [5, 5.41) is 0. The molecule has 68 valence electrons. The van der Waals surface area contributed by atoms with Crippen LogP contribution in [0.5, 0.6) is 0 Å². The quantitative estimate of drug-likeness (QED) is 0.615. The Labute approximate surface area is 79.4 Å². The molecule has 1 aliphatic carbocycles. The Kier molecular flexibility index (Phi) is 1.87. The van der Waals surface area contributed by atoms with Gasteiger partial charge in [0, 0.05) is 13.2 Å². The van der Waals surface area contributed by atoms with Gasteiger partial charge in [0.2, 0.25) is 0 Å². The minimum Gasteiger partial charge on any atom is -0.350 e. The summed E-state index contributed by atoms with van der Waals surface area (Å²) in [5.74, 6) is 0. The van der Waals surface area contributed by atoms with Crippen LogP contribution in [-0.4, -0.2) is 4.57 Å². The van der Waals surface area contributed by atoms with Crippen LogP contribution in [0.1, 0.15) is 24.6 Å². The monoisotopic (exact) mass is 173 g/mol. The van der Waals surface area contributed by atoms with Crippen molar-refractivity contribution < 1.29 is 0 Å². The van der Waals surface area contributed by atoms with Gasteiger partial charge in [0.1, 0.15) is 0 Å². The van der Waals surface area contributed by atoms with E-state index >= 15 is 0 Å². The predicted octanol–water partition coefficient (Wildman–Crippen LogP) is 3.07. The highest BCUT2D eigenvalue weighted by molar-refractivity contribution is 5.80. The standard InChI is InChI=1S/C12H15N/c1-9-5-4-6-11(9)12-10(2)7-8-13(12)3/h5-8H,4H2,1-3H3. The van der Waals surface area contributed by atoms with E-state index in [4.69, 9.17) is 0 Å². The number of aryl methyl sites for hydroxylation is 2. The molecule has 1 heteroatoms. The Hall–Kier alpha value is -1.24. The van der Waals surface area contributed by atoms with Crippen molar-refractivity contribution in [1.29, 1.82) is 0 Å². The Balaban J connectivity index is 2.52. The first-order chi connectivity index (χ1) is 6.20. The molecule has 0 saturated carbocycles. The number of hydrogen-bond donors (Lipinski definition) is 0. The van der Waals surface area contributed by atoms with Crippen molar-refractivity contribution in [1.82, 2.24) is 4.57 Å². The maximum Gasteiger partial charge on any atom is 0.0506 e. The first-order valence-electron chi connectivity index (χ1n) is 4.69. The van der Waals surface area contributed by atoms with Gasteiger partial charge >= 0.3 is 0 Å². The molecule has 0 atom stereocenters. The first kappa shape index (κ1) is 8.36. The van der Waals surface area contributed by atoms with Gasteiger partial charge < -0.3 is 4.57 Å². The van der Waals surface area contributed by atoms with Crippen LogP contribution in [0.2, 0.25) is 0 Å². The normalized spacial score (nSPS) is 15.9. The van der Waals surface area contributed by atoms with E-state index in [0.29, 0.717) is 0 Å². The molecule has 13 heavy (non-hydrogen) atoms. The van der Waals surface area contributed by atoms with Gasteiger partial charge in [-0.25, -0.2) is 0 Å². The summed E-state index contributed by atoms with van der Waals surface area (Å²) in [5.41, 5.74) is 5.55. The molecule has 1 aliphatic rings. The van der Waals surface area contributed by atoms with Crippen molar-refractivity contribution in [2.24, 2.45) is 7.05 Å². The van der Waals surface area contributed by atoms with E-state index in [2.05, 4.69) is 49.9 Å². The van der Waals surface area contributed by atoms with Gasteiger partial charge in [-0.05, 0) is 43.0 Å². The van der Waals surface area contributed by atoms with Crippen LogP contribution in [0, 0.1) is 6.92 Å². The van der Waals surface area contributed by atoms with Gasteiger partial charge in [-0.1, -0.05) is 12.2 Å². The molecule has 0 radical (unpaired) electrons. The molecule has 0 aliphatic heterocycles. The summed E-state index contributed by atoms with van der Waals surface area (Å²) in [6, 6.07) is 2.17. The van der Waals surface area contributed by atoms with Crippen LogP contribution in [-0.2, 0) is 7.05 Å². The minimum absolute atomic E-state index is 1.09. The molecule has 2 rings (SSSR count). The van der Waals surface area contributed by atoms with Gasteiger partial charge in [0.15, 0.2) is 0 Å². The molecule has 0 amide bonds. The zero-order valence-electron chi connectivity index (χ0n) is 8.46. The second-order valence-corrected chi connectivity index (χ2v) is 3.70. The van der Waals surface area contributed by atoms with Crippen molar-refractivity contribution in [3.8, 4) is 0 Å². The summed E-state index contributed by atoms with van der Waals surface area (Å²) >= 11 is 0. The molecule has 0 unspecified atom stereocenters. The Bertz CT molecular complexity index is 372. The van der Waals surface area contributed by atoms with Crippen molar-refractivity contribution >= 4 is 5.57 Å². The fourth-order valence-electron chi connectivity index (χ4n) is 1.97. The van der Waals surface area contributed by atoms with E-state index in [0.717, 1.165) is 6.42 Å². The molecular weight excluding hydrogens is 158 g/mol. The fraction of sp³-hybridized carbons (Fsp3) is 0.333. The van der Waals surface area contributed by atoms with E-state index in [1.54, 1.807) is 0 Å². The average molecular weight is 173 g/mol. The molecule has 0 N–H and O–H groups in total. The van der Waals surface area contributed by atoms with E-state index in [-0.39, 0.29) is 0 Å². The third-order valence-electron chi connectivity index (χ3n) is 2.70. The average Bonchev–Trinajstić information content (AvgIpc) is 2.60. The number of nitrogens with zero attached hydrogens (tertiary/aromatic N) is 1. The summed E-state index contributed by atoms with van der Waals surface area (Å²) in [4.78, 5) is 0.